The summed E-state index contributed by atoms with van der Waals surface area (Å²) in [5, 5.41) is 0. The summed E-state index contributed by atoms with van der Waals surface area (Å²) in [6.45, 7) is 1.82. The predicted octanol–water partition coefficient (Wildman–Crippen LogP) is 3.20. The van der Waals surface area contributed by atoms with E-state index in [4.69, 9.17) is 0 Å². The molecule has 0 saturated carbocycles. The van der Waals surface area contributed by atoms with E-state index in [1.54, 1.807) is 0 Å². The molecule has 0 bridgehead atoms. The van der Waals surface area contributed by atoms with Crippen LogP contribution in [-0.4, -0.2) is 7.85 Å². The lowest BCUT2D eigenvalue weighted by Gasteiger charge is -2.15. The van der Waals surface area contributed by atoms with Gasteiger partial charge in [-0.2, -0.15) is 0 Å². The van der Waals surface area contributed by atoms with Gasteiger partial charge in [-0.1, -0.05) is 0 Å². The summed E-state index contributed by atoms with van der Waals surface area (Å²) in [6, 6.07) is 0. The molecule has 0 radical (unpaired) electrons. The molecule has 0 unspecified atom stereocenters. The van der Waals surface area contributed by atoms with Crippen LogP contribution in [-0.2, 0) is 0 Å². The number of hydrogen-bond acceptors (Lipinski definition) is 0. The number of benzene rings is 2. The maximum Gasteiger partial charge on any atom is 0.170 e. The minimum absolute atomic E-state index is 0.410. The summed E-state index contributed by atoms with van der Waals surface area (Å²) in [4.78, 5) is 0. The molecule has 0 spiro atoms. The van der Waals surface area contributed by atoms with Gasteiger partial charge in [0.2, 0.25) is 0 Å². The van der Waals surface area contributed by atoms with Crippen LogP contribution in [0.5, 0.6) is 0 Å². The Balaban J connectivity index is 3.03. The Bertz CT molecular complexity index is 673. The van der Waals surface area contributed by atoms with Crippen LogP contribution in [0, 0.1) is 54.6 Å². The van der Waals surface area contributed by atoms with Gasteiger partial charge in [-0.25, -0.2) is 30.7 Å². The second kappa shape index (κ2) is 5.33. The summed E-state index contributed by atoms with van der Waals surface area (Å²) in [5.41, 5.74) is -4.91. The van der Waals surface area contributed by atoms with E-state index in [0.29, 0.717) is 0 Å². The molecule has 0 heterocycles. The van der Waals surface area contributed by atoms with Gasteiger partial charge in [-0.15, -0.1) is 0 Å². The lowest BCUT2D eigenvalue weighted by Crippen LogP contribution is -2.19. The van der Waals surface area contributed by atoms with Crippen molar-refractivity contribution in [1.82, 2.24) is 0 Å². The Morgan fingerprint density at radius 1 is 0.500 bits per heavy atom. The highest BCUT2D eigenvalue weighted by Gasteiger charge is 2.30. The molecular weight excluding hydrogens is 312 g/mol. The number of halogens is 7. The van der Waals surface area contributed by atoms with Crippen LogP contribution in [0.15, 0.2) is 0 Å². The zero-order valence-electron chi connectivity index (χ0n) is 11.6. The smallest absolute Gasteiger partial charge is 0.170 e. The standard InChI is InChI=1S/C14H8BF7/c1-3-7(15)11(19)5(12(20)8(3)16)6-13(21)9(17)4(2)10(18)14(6)22/h15H2,1-2H3. The molecule has 0 aliphatic carbocycles. The Labute approximate surface area is 122 Å². The summed E-state index contributed by atoms with van der Waals surface area (Å²) in [6.07, 6.45) is 0. The first-order valence-corrected chi connectivity index (χ1v) is 6.07. The SMILES string of the molecule is Bc1c(C)c(F)c(F)c(-c2c(F)c(F)c(C)c(F)c2F)c1F. The first-order valence-electron chi connectivity index (χ1n) is 6.07. The minimum atomic E-state index is -1.99. The zero-order chi connectivity index (χ0) is 16.9. The molecule has 0 aromatic heterocycles. The fourth-order valence-corrected chi connectivity index (χ4v) is 2.07. The second-order valence-electron chi connectivity index (χ2n) is 4.82. The highest BCUT2D eigenvalue weighted by molar-refractivity contribution is 6.34. The first kappa shape index (κ1) is 16.4. The largest absolute Gasteiger partial charge is 0.207 e. The van der Waals surface area contributed by atoms with E-state index >= 15 is 0 Å². The van der Waals surface area contributed by atoms with Gasteiger partial charge in [0.25, 0.3) is 0 Å². The summed E-state index contributed by atoms with van der Waals surface area (Å²) < 4.78 is 96.6. The van der Waals surface area contributed by atoms with Gasteiger partial charge < -0.3 is 0 Å². The van der Waals surface area contributed by atoms with Gasteiger partial charge in [0, 0.05) is 5.56 Å². The monoisotopic (exact) mass is 320 g/mol. The van der Waals surface area contributed by atoms with E-state index in [2.05, 4.69) is 0 Å². The van der Waals surface area contributed by atoms with E-state index in [0.717, 1.165) is 21.7 Å². The third-order valence-corrected chi connectivity index (χ3v) is 3.59. The molecule has 2 aromatic carbocycles. The van der Waals surface area contributed by atoms with E-state index in [-0.39, 0.29) is 0 Å². The van der Waals surface area contributed by atoms with Crippen LogP contribution < -0.4 is 5.46 Å². The zero-order valence-corrected chi connectivity index (χ0v) is 11.6. The molecule has 8 heteroatoms. The maximum absolute atomic E-state index is 14.1. The van der Waals surface area contributed by atoms with Crippen molar-refractivity contribution in [2.75, 3.05) is 0 Å². The third-order valence-electron chi connectivity index (χ3n) is 3.59. The van der Waals surface area contributed by atoms with E-state index in [9.17, 15) is 30.7 Å². The average Bonchev–Trinajstić information content (AvgIpc) is 2.50. The van der Waals surface area contributed by atoms with Gasteiger partial charge >= 0.3 is 0 Å². The molecule has 116 valence electrons. The lowest BCUT2D eigenvalue weighted by atomic mass is 9.86. The fraction of sp³-hybridized carbons (Fsp3) is 0.143. The molecule has 0 fully saturated rings. The van der Waals surface area contributed by atoms with Crippen molar-refractivity contribution in [2.45, 2.75) is 13.8 Å². The van der Waals surface area contributed by atoms with Crippen molar-refractivity contribution in [3.05, 3.63) is 51.8 Å². The van der Waals surface area contributed by atoms with Crippen molar-refractivity contribution >= 4 is 13.3 Å². The van der Waals surface area contributed by atoms with Gasteiger partial charge in [0.05, 0.1) is 11.1 Å². The normalized spacial score (nSPS) is 11.1. The Kier molecular flexibility index (Phi) is 3.97. The first-order chi connectivity index (χ1) is 10.1. The predicted molar refractivity (Wildman–Crippen MR) is 69.2 cm³/mol. The Morgan fingerprint density at radius 3 is 1.23 bits per heavy atom. The molecule has 0 N–H and O–H groups in total. The molecule has 0 amide bonds. The van der Waals surface area contributed by atoms with Crippen molar-refractivity contribution in [3.63, 3.8) is 0 Å². The summed E-state index contributed by atoms with van der Waals surface area (Å²) in [7, 11) is 1.05. The molecule has 0 saturated heterocycles. The number of hydrogen-bond donors (Lipinski definition) is 0. The van der Waals surface area contributed by atoms with Gasteiger partial charge in [-0.05, 0) is 24.9 Å². The molecule has 0 aliphatic rings. The van der Waals surface area contributed by atoms with E-state index in [1.807, 2.05) is 0 Å². The van der Waals surface area contributed by atoms with Gasteiger partial charge in [-0.3, -0.25) is 0 Å². The van der Waals surface area contributed by atoms with Crippen LogP contribution in [0.1, 0.15) is 11.1 Å². The number of rotatable bonds is 1. The highest BCUT2D eigenvalue weighted by Crippen LogP contribution is 2.35. The van der Waals surface area contributed by atoms with E-state index < -0.39 is 68.4 Å². The summed E-state index contributed by atoms with van der Waals surface area (Å²) in [5.74, 6) is -12.5. The summed E-state index contributed by atoms with van der Waals surface area (Å²) >= 11 is 0. The van der Waals surface area contributed by atoms with Crippen molar-refractivity contribution < 1.29 is 30.7 Å². The van der Waals surface area contributed by atoms with Crippen molar-refractivity contribution in [1.29, 1.82) is 0 Å². The van der Waals surface area contributed by atoms with Crippen molar-refractivity contribution in [3.8, 4) is 11.1 Å². The quantitative estimate of drug-likeness (QED) is 0.430. The van der Waals surface area contributed by atoms with Crippen LogP contribution in [0.25, 0.3) is 11.1 Å². The topological polar surface area (TPSA) is 0 Å². The van der Waals surface area contributed by atoms with Crippen LogP contribution in [0.2, 0.25) is 0 Å². The highest BCUT2D eigenvalue weighted by atomic mass is 19.2. The van der Waals surface area contributed by atoms with Crippen LogP contribution in [0.3, 0.4) is 0 Å². The van der Waals surface area contributed by atoms with E-state index in [1.165, 1.54) is 0 Å². The molecule has 0 atom stereocenters. The molecule has 22 heavy (non-hydrogen) atoms. The molecule has 2 rings (SSSR count). The van der Waals surface area contributed by atoms with Crippen molar-refractivity contribution in [2.24, 2.45) is 0 Å². The molecule has 0 aliphatic heterocycles. The van der Waals surface area contributed by atoms with Crippen LogP contribution >= 0.6 is 0 Å². The molecular formula is C14H8BF7. The molecule has 2 aromatic rings. The van der Waals surface area contributed by atoms with Gasteiger partial charge in [0.15, 0.2) is 34.9 Å². The lowest BCUT2D eigenvalue weighted by molar-refractivity contribution is 0.444. The third kappa shape index (κ3) is 2.08. The Hall–Kier alpha value is -1.99. The second-order valence-corrected chi connectivity index (χ2v) is 4.82. The molecule has 0 nitrogen and oxygen atoms in total. The van der Waals surface area contributed by atoms with Gasteiger partial charge in [0.1, 0.15) is 13.7 Å². The maximum atomic E-state index is 14.1. The average molecular weight is 320 g/mol. The fourth-order valence-electron chi connectivity index (χ4n) is 2.07. The van der Waals surface area contributed by atoms with Crippen LogP contribution in [0.4, 0.5) is 30.7 Å². The Morgan fingerprint density at radius 2 is 0.818 bits per heavy atom. The minimum Gasteiger partial charge on any atom is -0.207 e.